The molecule has 1 aromatic rings. The number of allylic oxidation sites excluding steroid dienone is 6. The minimum Gasteiger partial charge on any atom is -0.454 e. The van der Waals surface area contributed by atoms with Gasteiger partial charge in [-0.25, -0.2) is 0 Å². The fourth-order valence-corrected chi connectivity index (χ4v) is 2.24. The summed E-state index contributed by atoms with van der Waals surface area (Å²) < 4.78 is 10.7. The van der Waals surface area contributed by atoms with E-state index in [1.807, 2.05) is 36.4 Å². The summed E-state index contributed by atoms with van der Waals surface area (Å²) in [7, 11) is 0. The van der Waals surface area contributed by atoms with Crippen molar-refractivity contribution in [1.29, 1.82) is 0 Å². The second kappa shape index (κ2) is 11.0. The van der Waals surface area contributed by atoms with E-state index in [9.17, 15) is 4.79 Å². The molecule has 0 atom stereocenters. The number of amides is 1. The Balaban J connectivity index is 1.61. The molecule has 0 fully saturated rings. The quantitative estimate of drug-likeness (QED) is 0.399. The number of hydrogen-bond donors (Lipinski definition) is 1. The van der Waals surface area contributed by atoms with Crippen LogP contribution in [0.15, 0.2) is 60.7 Å². The topological polar surface area (TPSA) is 47.6 Å². The summed E-state index contributed by atoms with van der Waals surface area (Å²) in [6, 6.07) is 5.94. The number of nitrogens with one attached hydrogen (secondary N) is 1. The van der Waals surface area contributed by atoms with Crippen molar-refractivity contribution in [2.75, 3.05) is 13.3 Å². The lowest BCUT2D eigenvalue weighted by Crippen LogP contribution is -2.25. The molecule has 1 aromatic carbocycles. The molecule has 138 valence electrons. The van der Waals surface area contributed by atoms with Crippen LogP contribution in [0, 0.1) is 5.92 Å². The molecule has 1 aliphatic rings. The van der Waals surface area contributed by atoms with E-state index in [0.717, 1.165) is 29.9 Å². The third kappa shape index (κ3) is 7.43. The molecule has 4 nitrogen and oxygen atoms in total. The first-order chi connectivity index (χ1) is 12.6. The molecule has 0 bridgehead atoms. The molecular formula is C22H27NO3. The molecule has 0 unspecified atom stereocenters. The summed E-state index contributed by atoms with van der Waals surface area (Å²) in [5, 5.41) is 2.83. The zero-order chi connectivity index (χ0) is 18.6. The minimum absolute atomic E-state index is 0.0546. The Kier molecular flexibility index (Phi) is 8.27. The van der Waals surface area contributed by atoms with Gasteiger partial charge >= 0.3 is 0 Å². The summed E-state index contributed by atoms with van der Waals surface area (Å²) in [5.41, 5.74) is 1.11. The van der Waals surface area contributed by atoms with Gasteiger partial charge in [0.1, 0.15) is 0 Å². The molecule has 1 heterocycles. The number of carbonyl (C=O) groups excluding carboxylic acids is 1. The molecule has 0 aliphatic carbocycles. The first-order valence-corrected chi connectivity index (χ1v) is 8.99. The fraction of sp³-hybridized carbons (Fsp3) is 0.318. The Labute approximate surface area is 155 Å². The van der Waals surface area contributed by atoms with Gasteiger partial charge in [-0.1, -0.05) is 62.4 Å². The largest absolute Gasteiger partial charge is 0.454 e. The average Bonchev–Trinajstić information content (AvgIpc) is 3.09. The third-order valence-corrected chi connectivity index (χ3v) is 3.61. The average molecular weight is 353 g/mol. The fourth-order valence-electron chi connectivity index (χ4n) is 2.24. The van der Waals surface area contributed by atoms with Crippen molar-refractivity contribution in [3.63, 3.8) is 0 Å². The van der Waals surface area contributed by atoms with Crippen LogP contribution in [-0.4, -0.2) is 19.2 Å². The highest BCUT2D eigenvalue weighted by Crippen LogP contribution is 2.32. The zero-order valence-corrected chi connectivity index (χ0v) is 15.5. The van der Waals surface area contributed by atoms with Crippen LogP contribution in [0.4, 0.5) is 0 Å². The maximum Gasteiger partial charge on any atom is 0.243 e. The zero-order valence-electron chi connectivity index (χ0n) is 15.5. The van der Waals surface area contributed by atoms with Crippen molar-refractivity contribution in [3.05, 3.63) is 66.3 Å². The molecule has 0 saturated heterocycles. The number of hydrogen-bond acceptors (Lipinski definition) is 3. The summed E-state index contributed by atoms with van der Waals surface area (Å²) in [4.78, 5) is 11.5. The standard InChI is InChI=1S/C22H27NO3/c1-18(2)16-23-22(24)12-10-8-6-4-3-5-7-9-11-19-13-14-20-21(15-19)26-17-25-20/h3-4,6,8-15,18H,5,7,16-17H2,1-2H3,(H,23,24)/b4-3+,8-6+,11-9+,12-10+. The van der Waals surface area contributed by atoms with E-state index >= 15 is 0 Å². The van der Waals surface area contributed by atoms with E-state index in [1.165, 1.54) is 0 Å². The van der Waals surface area contributed by atoms with Gasteiger partial charge in [0.25, 0.3) is 0 Å². The van der Waals surface area contributed by atoms with Crippen LogP contribution in [0.3, 0.4) is 0 Å². The van der Waals surface area contributed by atoms with E-state index in [1.54, 1.807) is 12.2 Å². The maximum atomic E-state index is 11.5. The van der Waals surface area contributed by atoms with Gasteiger partial charge in [-0.15, -0.1) is 0 Å². The Bertz CT molecular complexity index is 699. The van der Waals surface area contributed by atoms with Crippen LogP contribution in [0.5, 0.6) is 11.5 Å². The van der Waals surface area contributed by atoms with Gasteiger partial charge in [-0.05, 0) is 36.5 Å². The Morgan fingerprint density at radius 3 is 2.69 bits per heavy atom. The molecule has 0 spiro atoms. The van der Waals surface area contributed by atoms with E-state index in [2.05, 4.69) is 37.4 Å². The van der Waals surface area contributed by atoms with E-state index < -0.39 is 0 Å². The van der Waals surface area contributed by atoms with Crippen molar-refractivity contribution in [3.8, 4) is 11.5 Å². The SMILES string of the molecule is CC(C)CNC(=O)/C=C/C=C/C=C/CC/C=C/c1ccc2c(c1)OCO2. The normalized spacial score (nSPS) is 13.8. The molecule has 26 heavy (non-hydrogen) atoms. The van der Waals surface area contributed by atoms with Gasteiger partial charge in [0, 0.05) is 12.6 Å². The lowest BCUT2D eigenvalue weighted by atomic mass is 10.1. The van der Waals surface area contributed by atoms with Gasteiger partial charge in [-0.2, -0.15) is 0 Å². The van der Waals surface area contributed by atoms with Crippen molar-refractivity contribution in [2.24, 2.45) is 5.92 Å². The molecular weight excluding hydrogens is 326 g/mol. The number of benzene rings is 1. The smallest absolute Gasteiger partial charge is 0.243 e. The van der Waals surface area contributed by atoms with Crippen LogP contribution in [0.2, 0.25) is 0 Å². The molecule has 0 aromatic heterocycles. The summed E-state index contributed by atoms with van der Waals surface area (Å²) >= 11 is 0. The highest BCUT2D eigenvalue weighted by atomic mass is 16.7. The van der Waals surface area contributed by atoms with Gasteiger partial charge in [0.05, 0.1) is 0 Å². The van der Waals surface area contributed by atoms with Gasteiger partial charge in [-0.3, -0.25) is 4.79 Å². The molecule has 0 radical (unpaired) electrons. The van der Waals surface area contributed by atoms with Gasteiger partial charge < -0.3 is 14.8 Å². The molecule has 1 aliphatic heterocycles. The van der Waals surface area contributed by atoms with Crippen LogP contribution >= 0.6 is 0 Å². The minimum atomic E-state index is -0.0546. The molecule has 2 rings (SSSR count). The van der Waals surface area contributed by atoms with Crippen molar-refractivity contribution in [2.45, 2.75) is 26.7 Å². The summed E-state index contributed by atoms with van der Waals surface area (Å²) in [5.74, 6) is 2.03. The van der Waals surface area contributed by atoms with Gasteiger partial charge in [0.2, 0.25) is 12.7 Å². The van der Waals surface area contributed by atoms with E-state index in [0.29, 0.717) is 19.3 Å². The molecule has 1 N–H and O–H groups in total. The molecule has 4 heteroatoms. The highest BCUT2D eigenvalue weighted by molar-refractivity contribution is 5.87. The summed E-state index contributed by atoms with van der Waals surface area (Å²) in [6.45, 7) is 5.14. The van der Waals surface area contributed by atoms with Gasteiger partial charge in [0.15, 0.2) is 11.5 Å². The summed E-state index contributed by atoms with van der Waals surface area (Å²) in [6.07, 6.45) is 17.3. The number of rotatable bonds is 9. The van der Waals surface area contributed by atoms with Crippen molar-refractivity contribution >= 4 is 12.0 Å². The highest BCUT2D eigenvalue weighted by Gasteiger charge is 2.11. The predicted octanol–water partition coefficient (Wildman–Crippen LogP) is 4.65. The molecule has 0 saturated carbocycles. The second-order valence-electron chi connectivity index (χ2n) is 6.40. The van der Waals surface area contributed by atoms with Crippen molar-refractivity contribution < 1.29 is 14.3 Å². The number of ether oxygens (including phenoxy) is 2. The maximum absolute atomic E-state index is 11.5. The number of fused-ring (bicyclic) bond motifs is 1. The number of carbonyl (C=O) groups is 1. The monoisotopic (exact) mass is 353 g/mol. The van der Waals surface area contributed by atoms with Crippen LogP contribution in [0.1, 0.15) is 32.3 Å². The first kappa shape index (κ1) is 19.6. The lowest BCUT2D eigenvalue weighted by Gasteiger charge is -2.03. The first-order valence-electron chi connectivity index (χ1n) is 8.99. The second-order valence-corrected chi connectivity index (χ2v) is 6.40. The Hall–Kier alpha value is -2.75. The van der Waals surface area contributed by atoms with E-state index in [-0.39, 0.29) is 5.91 Å². The third-order valence-electron chi connectivity index (χ3n) is 3.61. The van der Waals surface area contributed by atoms with Crippen LogP contribution in [-0.2, 0) is 4.79 Å². The Morgan fingerprint density at radius 1 is 1.08 bits per heavy atom. The number of unbranched alkanes of at least 4 members (excludes halogenated alkanes) is 1. The van der Waals surface area contributed by atoms with Crippen LogP contribution in [0.25, 0.3) is 6.08 Å². The Morgan fingerprint density at radius 2 is 1.85 bits per heavy atom. The van der Waals surface area contributed by atoms with E-state index in [4.69, 9.17) is 9.47 Å². The lowest BCUT2D eigenvalue weighted by molar-refractivity contribution is -0.116. The van der Waals surface area contributed by atoms with Crippen molar-refractivity contribution in [1.82, 2.24) is 5.32 Å². The predicted molar refractivity (Wildman–Crippen MR) is 106 cm³/mol. The molecule has 1 amide bonds. The van der Waals surface area contributed by atoms with Crippen LogP contribution < -0.4 is 14.8 Å².